The molecular weight excluding hydrogens is 234 g/mol. The van der Waals surface area contributed by atoms with Gasteiger partial charge in [0.1, 0.15) is 6.26 Å². The first kappa shape index (κ1) is 14.4. The van der Waals surface area contributed by atoms with E-state index >= 15 is 0 Å². The Morgan fingerprint density at radius 3 is 2.72 bits per heavy atom. The maximum atomic E-state index is 11.8. The fraction of sp³-hybridized carbons (Fsp3) is 0.538. The molecule has 0 unspecified atom stereocenters. The molecule has 1 aromatic rings. The summed E-state index contributed by atoms with van der Waals surface area (Å²) in [4.78, 5) is 22.5. The van der Waals surface area contributed by atoms with Gasteiger partial charge in [-0.05, 0) is 24.3 Å². The molecule has 18 heavy (non-hydrogen) atoms. The average molecular weight is 253 g/mol. The zero-order valence-corrected chi connectivity index (χ0v) is 10.7. The molecule has 1 rings (SSSR count). The van der Waals surface area contributed by atoms with Crippen LogP contribution in [0.2, 0.25) is 0 Å². The minimum Gasteiger partial charge on any atom is -0.430 e. The number of amides is 1. The summed E-state index contributed by atoms with van der Waals surface area (Å²) in [6.07, 6.45) is 2.69. The van der Waals surface area contributed by atoms with Crippen molar-refractivity contribution in [2.45, 2.75) is 26.7 Å². The molecule has 0 bridgehead atoms. The Morgan fingerprint density at radius 2 is 2.17 bits per heavy atom. The zero-order valence-electron chi connectivity index (χ0n) is 10.7. The molecule has 0 fully saturated rings. The summed E-state index contributed by atoms with van der Waals surface area (Å²) in [5.41, 5.74) is -0.226. The largest absolute Gasteiger partial charge is 0.430 e. The molecule has 0 radical (unpaired) electrons. The lowest BCUT2D eigenvalue weighted by Gasteiger charge is -2.24. The van der Waals surface area contributed by atoms with Crippen molar-refractivity contribution < 1.29 is 14.3 Å². The van der Waals surface area contributed by atoms with Crippen LogP contribution >= 0.6 is 0 Å². The van der Waals surface area contributed by atoms with E-state index in [2.05, 4.69) is 9.73 Å². The van der Waals surface area contributed by atoms with Gasteiger partial charge in [0.25, 0.3) is 5.91 Å². The monoisotopic (exact) mass is 253 g/mol. The predicted octanol–water partition coefficient (Wildman–Crippen LogP) is 1.17. The second-order valence-corrected chi connectivity index (χ2v) is 5.02. The van der Waals surface area contributed by atoms with Gasteiger partial charge in [-0.3, -0.25) is 4.79 Å². The summed E-state index contributed by atoms with van der Waals surface area (Å²) in [7, 11) is 0. The Kier molecular flexibility index (Phi) is 5.09. The van der Waals surface area contributed by atoms with Crippen LogP contribution in [-0.2, 0) is 0 Å². The highest BCUT2D eigenvalue weighted by atomic mass is 16.4. The molecule has 5 nitrogen and oxygen atoms in total. The number of hydrogen-bond acceptors (Lipinski definition) is 4. The molecule has 5 heteroatoms. The van der Waals surface area contributed by atoms with Crippen molar-refractivity contribution in [3.8, 4) is 0 Å². The van der Waals surface area contributed by atoms with E-state index in [0.29, 0.717) is 18.5 Å². The Bertz CT molecular complexity index is 430. The minimum atomic E-state index is -0.477. The summed E-state index contributed by atoms with van der Waals surface area (Å²) >= 11 is 0. The number of aliphatic hydroxyl groups excluding tert-OH is 1. The standard InChI is InChI=1S/C13H19NO4/c1-13(2,6-3-7-15)9-14-12(17)10-4-5-11(16)18-8-10/h4-5,8,15H,3,6-7,9H2,1-2H3,(H,14,17). The topological polar surface area (TPSA) is 79.5 Å². The third kappa shape index (κ3) is 4.71. The number of nitrogens with one attached hydrogen (secondary N) is 1. The van der Waals surface area contributed by atoms with Gasteiger partial charge in [0.15, 0.2) is 0 Å². The van der Waals surface area contributed by atoms with Crippen LogP contribution in [0.25, 0.3) is 0 Å². The van der Waals surface area contributed by atoms with Gasteiger partial charge in [-0.15, -0.1) is 0 Å². The molecule has 0 aliphatic rings. The quantitative estimate of drug-likeness (QED) is 0.797. The van der Waals surface area contributed by atoms with Crippen LogP contribution in [0.3, 0.4) is 0 Å². The average Bonchev–Trinajstić information content (AvgIpc) is 2.35. The lowest BCUT2D eigenvalue weighted by atomic mass is 9.88. The predicted molar refractivity (Wildman–Crippen MR) is 67.4 cm³/mol. The highest BCUT2D eigenvalue weighted by Crippen LogP contribution is 2.20. The van der Waals surface area contributed by atoms with E-state index in [1.54, 1.807) is 0 Å². The first-order valence-electron chi connectivity index (χ1n) is 5.92. The Balaban J connectivity index is 2.50. The van der Waals surface area contributed by atoms with Gasteiger partial charge in [0.2, 0.25) is 0 Å². The van der Waals surface area contributed by atoms with Crippen LogP contribution in [0.15, 0.2) is 27.6 Å². The smallest absolute Gasteiger partial charge is 0.335 e. The number of carbonyl (C=O) groups excluding carboxylic acids is 1. The van der Waals surface area contributed by atoms with E-state index in [1.165, 1.54) is 12.1 Å². The van der Waals surface area contributed by atoms with Crippen LogP contribution < -0.4 is 10.9 Å². The maximum Gasteiger partial charge on any atom is 0.335 e. The van der Waals surface area contributed by atoms with Crippen molar-refractivity contribution in [2.24, 2.45) is 5.41 Å². The Labute approximate surface area is 106 Å². The summed E-state index contributed by atoms with van der Waals surface area (Å²) in [5.74, 6) is -0.268. The molecule has 0 saturated heterocycles. The van der Waals surface area contributed by atoms with Crippen molar-refractivity contribution in [1.82, 2.24) is 5.32 Å². The molecule has 0 spiro atoms. The lowest BCUT2D eigenvalue weighted by molar-refractivity contribution is 0.0930. The van der Waals surface area contributed by atoms with Crippen LogP contribution in [0, 0.1) is 5.41 Å². The molecule has 2 N–H and O–H groups in total. The number of carbonyl (C=O) groups is 1. The number of rotatable bonds is 6. The SMILES string of the molecule is CC(C)(CCCO)CNC(=O)c1ccc(=O)oc1. The molecule has 0 aliphatic carbocycles. The fourth-order valence-corrected chi connectivity index (χ4v) is 1.55. The van der Waals surface area contributed by atoms with E-state index in [0.717, 1.165) is 12.7 Å². The third-order valence-electron chi connectivity index (χ3n) is 2.70. The highest BCUT2D eigenvalue weighted by molar-refractivity contribution is 5.93. The van der Waals surface area contributed by atoms with Gasteiger partial charge in [0.05, 0.1) is 5.56 Å². The first-order valence-corrected chi connectivity index (χ1v) is 5.92. The molecule has 1 aromatic heterocycles. The van der Waals surface area contributed by atoms with E-state index in [-0.39, 0.29) is 17.9 Å². The van der Waals surface area contributed by atoms with Crippen molar-refractivity contribution >= 4 is 5.91 Å². The van der Waals surface area contributed by atoms with Crippen molar-refractivity contribution in [3.05, 3.63) is 34.4 Å². The molecule has 0 saturated carbocycles. The normalized spacial score (nSPS) is 11.3. The number of hydrogen-bond donors (Lipinski definition) is 2. The number of aliphatic hydroxyl groups is 1. The van der Waals surface area contributed by atoms with Gasteiger partial charge in [-0.2, -0.15) is 0 Å². The Hall–Kier alpha value is -1.62. The zero-order chi connectivity index (χ0) is 13.6. The van der Waals surface area contributed by atoms with E-state index in [4.69, 9.17) is 5.11 Å². The molecule has 0 aliphatic heterocycles. The van der Waals surface area contributed by atoms with Crippen LogP contribution in [0.1, 0.15) is 37.0 Å². The second kappa shape index (κ2) is 6.35. The van der Waals surface area contributed by atoms with Crippen molar-refractivity contribution in [3.63, 3.8) is 0 Å². The summed E-state index contributed by atoms with van der Waals surface area (Å²) in [6.45, 7) is 4.70. The highest BCUT2D eigenvalue weighted by Gasteiger charge is 2.18. The maximum absolute atomic E-state index is 11.8. The second-order valence-electron chi connectivity index (χ2n) is 5.02. The van der Waals surface area contributed by atoms with E-state index < -0.39 is 5.63 Å². The van der Waals surface area contributed by atoms with Crippen molar-refractivity contribution in [2.75, 3.05) is 13.2 Å². The minimum absolute atomic E-state index is 0.0754. The van der Waals surface area contributed by atoms with Gasteiger partial charge >= 0.3 is 5.63 Å². The summed E-state index contributed by atoms with van der Waals surface area (Å²) in [6, 6.07) is 2.65. The lowest BCUT2D eigenvalue weighted by Crippen LogP contribution is -2.34. The van der Waals surface area contributed by atoms with Crippen LogP contribution in [0.4, 0.5) is 0 Å². The van der Waals surface area contributed by atoms with Gasteiger partial charge in [0, 0.05) is 19.2 Å². The van der Waals surface area contributed by atoms with Crippen molar-refractivity contribution in [1.29, 1.82) is 0 Å². The van der Waals surface area contributed by atoms with Gasteiger partial charge in [-0.25, -0.2) is 4.79 Å². The van der Waals surface area contributed by atoms with Gasteiger partial charge < -0.3 is 14.8 Å². The molecule has 1 amide bonds. The molecule has 0 atom stereocenters. The summed E-state index contributed by atoms with van der Waals surface area (Å²) < 4.78 is 4.63. The molecular formula is C13H19NO4. The van der Waals surface area contributed by atoms with E-state index in [1.807, 2.05) is 13.8 Å². The molecule has 100 valence electrons. The van der Waals surface area contributed by atoms with Crippen LogP contribution in [-0.4, -0.2) is 24.2 Å². The molecule has 0 aromatic carbocycles. The summed E-state index contributed by atoms with van der Waals surface area (Å²) in [5, 5.41) is 11.6. The Morgan fingerprint density at radius 1 is 1.44 bits per heavy atom. The fourth-order valence-electron chi connectivity index (χ4n) is 1.55. The first-order chi connectivity index (χ1) is 8.44. The third-order valence-corrected chi connectivity index (χ3v) is 2.70. The van der Waals surface area contributed by atoms with Crippen LogP contribution in [0.5, 0.6) is 0 Å². The molecule has 1 heterocycles. The van der Waals surface area contributed by atoms with E-state index in [9.17, 15) is 9.59 Å². The van der Waals surface area contributed by atoms with Gasteiger partial charge in [-0.1, -0.05) is 13.8 Å².